The Morgan fingerprint density at radius 3 is 2.96 bits per heavy atom. The van der Waals surface area contributed by atoms with Crippen molar-refractivity contribution in [2.45, 2.75) is 33.2 Å². The third-order valence-corrected chi connectivity index (χ3v) is 4.99. The van der Waals surface area contributed by atoms with Crippen LogP contribution in [-0.4, -0.2) is 40.2 Å². The van der Waals surface area contributed by atoms with E-state index in [1.807, 2.05) is 6.07 Å². The van der Waals surface area contributed by atoms with Crippen LogP contribution >= 0.6 is 0 Å². The molecule has 6 heteroatoms. The van der Waals surface area contributed by atoms with E-state index in [9.17, 15) is 0 Å². The summed E-state index contributed by atoms with van der Waals surface area (Å²) in [5.41, 5.74) is 3.77. The summed E-state index contributed by atoms with van der Waals surface area (Å²) in [7, 11) is 1.70. The summed E-state index contributed by atoms with van der Waals surface area (Å²) in [4.78, 5) is 10.2. The quantitative estimate of drug-likeness (QED) is 0.713. The molecule has 4 rings (SSSR count). The molecule has 0 atom stereocenters. The Hall–Kier alpha value is -2.60. The predicted molar refractivity (Wildman–Crippen MR) is 106 cm³/mol. The summed E-state index contributed by atoms with van der Waals surface area (Å²) in [5.74, 6) is 2.93. The lowest BCUT2D eigenvalue weighted by Crippen LogP contribution is -2.28. The SMILES string of the molecule is COc1ccc2[nH]cc(C3=CCN(Cc4nc(CC(C)C)no4)CC3)c2c1. The molecule has 0 saturated heterocycles. The summed E-state index contributed by atoms with van der Waals surface area (Å²) in [6, 6.07) is 6.15. The van der Waals surface area contributed by atoms with Crippen molar-refractivity contribution < 1.29 is 9.26 Å². The van der Waals surface area contributed by atoms with Gasteiger partial charge in [0.15, 0.2) is 5.82 Å². The van der Waals surface area contributed by atoms with Crippen LogP contribution in [0.15, 0.2) is 35.0 Å². The van der Waals surface area contributed by atoms with E-state index >= 15 is 0 Å². The highest BCUT2D eigenvalue weighted by molar-refractivity contribution is 5.93. The van der Waals surface area contributed by atoms with Gasteiger partial charge < -0.3 is 14.2 Å². The number of nitrogens with one attached hydrogen (secondary N) is 1. The minimum Gasteiger partial charge on any atom is -0.497 e. The van der Waals surface area contributed by atoms with Crippen LogP contribution in [0.2, 0.25) is 0 Å². The van der Waals surface area contributed by atoms with Crippen molar-refractivity contribution in [1.82, 2.24) is 20.0 Å². The maximum atomic E-state index is 5.41. The molecule has 0 saturated carbocycles. The molecule has 0 fully saturated rings. The lowest BCUT2D eigenvalue weighted by Gasteiger charge is -2.24. The van der Waals surface area contributed by atoms with Crippen molar-refractivity contribution in [3.8, 4) is 5.75 Å². The van der Waals surface area contributed by atoms with Crippen LogP contribution in [0, 0.1) is 5.92 Å². The second kappa shape index (κ2) is 7.56. The van der Waals surface area contributed by atoms with Crippen molar-refractivity contribution in [2.24, 2.45) is 5.92 Å². The minimum atomic E-state index is 0.533. The molecule has 1 aliphatic rings. The number of aromatic nitrogens is 3. The molecule has 0 amide bonds. The monoisotopic (exact) mass is 366 g/mol. The van der Waals surface area contributed by atoms with Crippen LogP contribution in [0.4, 0.5) is 0 Å². The van der Waals surface area contributed by atoms with Gasteiger partial charge in [0.1, 0.15) is 5.75 Å². The molecule has 0 bridgehead atoms. The first kappa shape index (κ1) is 17.8. The van der Waals surface area contributed by atoms with Crippen LogP contribution in [0.25, 0.3) is 16.5 Å². The standard InChI is InChI=1S/C21H26N4O2/c1-14(2)10-20-23-21(27-24-20)13-25-8-6-15(7-9-25)18-12-22-19-5-4-16(26-3)11-17(18)19/h4-6,11-12,14,22H,7-10,13H2,1-3H3. The van der Waals surface area contributed by atoms with E-state index in [-0.39, 0.29) is 0 Å². The molecule has 3 heterocycles. The van der Waals surface area contributed by atoms with E-state index < -0.39 is 0 Å². The Bertz CT molecular complexity index is 954. The highest BCUT2D eigenvalue weighted by Gasteiger charge is 2.18. The lowest BCUT2D eigenvalue weighted by molar-refractivity contribution is 0.245. The molecule has 0 aliphatic carbocycles. The number of hydrogen-bond acceptors (Lipinski definition) is 5. The third-order valence-electron chi connectivity index (χ3n) is 4.99. The highest BCUT2D eigenvalue weighted by atomic mass is 16.5. The van der Waals surface area contributed by atoms with Crippen LogP contribution in [0.1, 0.15) is 37.5 Å². The van der Waals surface area contributed by atoms with Gasteiger partial charge in [0.05, 0.1) is 13.7 Å². The molecule has 1 N–H and O–H groups in total. The predicted octanol–water partition coefficient (Wildman–Crippen LogP) is 4.05. The second-order valence-corrected chi connectivity index (χ2v) is 7.53. The van der Waals surface area contributed by atoms with Crippen molar-refractivity contribution in [3.05, 3.63) is 47.8 Å². The number of aromatic amines is 1. The lowest BCUT2D eigenvalue weighted by atomic mass is 9.99. The average Bonchev–Trinajstić information content (AvgIpc) is 3.28. The highest BCUT2D eigenvalue weighted by Crippen LogP contribution is 2.31. The Kier molecular flexibility index (Phi) is 4.99. The number of nitrogens with zero attached hydrogens (tertiary/aromatic N) is 3. The number of hydrogen-bond donors (Lipinski definition) is 1. The number of H-pyrrole nitrogens is 1. The average molecular weight is 366 g/mol. The van der Waals surface area contributed by atoms with E-state index in [2.05, 4.69) is 58.3 Å². The van der Waals surface area contributed by atoms with Gasteiger partial charge in [0.2, 0.25) is 5.89 Å². The molecular weight excluding hydrogens is 340 g/mol. The zero-order valence-electron chi connectivity index (χ0n) is 16.2. The van der Waals surface area contributed by atoms with Gasteiger partial charge in [-0.2, -0.15) is 4.98 Å². The summed E-state index contributed by atoms with van der Waals surface area (Å²) >= 11 is 0. The maximum absolute atomic E-state index is 5.41. The summed E-state index contributed by atoms with van der Waals surface area (Å²) in [6.45, 7) is 6.88. The molecule has 142 valence electrons. The van der Waals surface area contributed by atoms with Crippen LogP contribution < -0.4 is 4.74 Å². The zero-order valence-corrected chi connectivity index (χ0v) is 16.2. The van der Waals surface area contributed by atoms with E-state index in [4.69, 9.17) is 9.26 Å². The molecule has 3 aromatic rings. The van der Waals surface area contributed by atoms with Gasteiger partial charge >= 0.3 is 0 Å². The molecule has 2 aromatic heterocycles. The number of fused-ring (bicyclic) bond motifs is 1. The van der Waals surface area contributed by atoms with Crippen molar-refractivity contribution in [3.63, 3.8) is 0 Å². The smallest absolute Gasteiger partial charge is 0.240 e. The van der Waals surface area contributed by atoms with Gasteiger partial charge in [-0.05, 0) is 36.1 Å². The van der Waals surface area contributed by atoms with Crippen molar-refractivity contribution >= 4 is 16.5 Å². The molecule has 0 radical (unpaired) electrons. The molecule has 1 aromatic carbocycles. The van der Waals surface area contributed by atoms with Gasteiger partial charge in [-0.3, -0.25) is 4.90 Å². The molecule has 27 heavy (non-hydrogen) atoms. The Morgan fingerprint density at radius 1 is 1.33 bits per heavy atom. The van der Waals surface area contributed by atoms with Crippen LogP contribution in [-0.2, 0) is 13.0 Å². The fraction of sp³-hybridized carbons (Fsp3) is 0.429. The van der Waals surface area contributed by atoms with Gasteiger partial charge in [0, 0.05) is 42.2 Å². The first-order valence-electron chi connectivity index (χ1n) is 9.50. The maximum Gasteiger partial charge on any atom is 0.240 e. The normalized spacial score (nSPS) is 15.5. The first-order valence-corrected chi connectivity index (χ1v) is 9.50. The Morgan fingerprint density at radius 2 is 2.22 bits per heavy atom. The van der Waals surface area contributed by atoms with Crippen molar-refractivity contribution in [2.75, 3.05) is 20.2 Å². The summed E-state index contributed by atoms with van der Waals surface area (Å²) < 4.78 is 10.8. The number of rotatable bonds is 6. The molecule has 0 unspecified atom stereocenters. The molecule has 1 aliphatic heterocycles. The fourth-order valence-electron chi connectivity index (χ4n) is 3.59. The molecular formula is C21H26N4O2. The van der Waals surface area contributed by atoms with Crippen LogP contribution in [0.3, 0.4) is 0 Å². The molecule has 6 nitrogen and oxygen atoms in total. The largest absolute Gasteiger partial charge is 0.497 e. The van der Waals surface area contributed by atoms with Gasteiger partial charge in [0.25, 0.3) is 0 Å². The number of benzene rings is 1. The number of ether oxygens (including phenoxy) is 1. The fourth-order valence-corrected chi connectivity index (χ4v) is 3.59. The summed E-state index contributed by atoms with van der Waals surface area (Å²) in [5, 5.41) is 5.30. The minimum absolute atomic E-state index is 0.533. The topological polar surface area (TPSA) is 67.2 Å². The Labute approximate surface area is 159 Å². The molecule has 0 spiro atoms. The van der Waals surface area contributed by atoms with E-state index in [1.54, 1.807) is 7.11 Å². The first-order chi connectivity index (χ1) is 13.1. The van der Waals surface area contributed by atoms with E-state index in [1.165, 1.54) is 16.5 Å². The number of methoxy groups -OCH3 is 1. The second-order valence-electron chi connectivity index (χ2n) is 7.53. The van der Waals surface area contributed by atoms with E-state index in [0.29, 0.717) is 18.4 Å². The summed E-state index contributed by atoms with van der Waals surface area (Å²) in [6.07, 6.45) is 6.26. The van der Waals surface area contributed by atoms with Crippen LogP contribution in [0.5, 0.6) is 5.75 Å². The van der Waals surface area contributed by atoms with E-state index in [0.717, 1.165) is 43.0 Å². The van der Waals surface area contributed by atoms with Gasteiger partial charge in [-0.15, -0.1) is 0 Å². The van der Waals surface area contributed by atoms with Gasteiger partial charge in [-0.1, -0.05) is 25.1 Å². The Balaban J connectivity index is 1.45. The third kappa shape index (κ3) is 3.90. The van der Waals surface area contributed by atoms with Crippen molar-refractivity contribution in [1.29, 1.82) is 0 Å². The zero-order chi connectivity index (χ0) is 18.8. The van der Waals surface area contributed by atoms with Gasteiger partial charge in [-0.25, -0.2) is 0 Å².